The number of benzene rings is 1. The van der Waals surface area contributed by atoms with E-state index in [0.29, 0.717) is 5.56 Å². The van der Waals surface area contributed by atoms with Crippen molar-refractivity contribution in [3.8, 4) is 6.07 Å². The highest BCUT2D eigenvalue weighted by Gasteiger charge is 2.19. The molecule has 0 aromatic heterocycles. The van der Waals surface area contributed by atoms with Gasteiger partial charge in [-0.25, -0.2) is 4.79 Å². The topological polar surface area (TPSA) is 64.3 Å². The smallest absolute Gasteiger partial charge is 0.328 e. The first-order valence-electron chi connectivity index (χ1n) is 7.34. The molecule has 1 aliphatic heterocycles. The van der Waals surface area contributed by atoms with Gasteiger partial charge in [0.05, 0.1) is 11.3 Å². The molecule has 1 aromatic carbocycles. The summed E-state index contributed by atoms with van der Waals surface area (Å²) in [6, 6.07) is 7.76. The van der Waals surface area contributed by atoms with Crippen LogP contribution in [0.2, 0.25) is 0 Å². The summed E-state index contributed by atoms with van der Waals surface area (Å²) in [6.07, 6.45) is 6.15. The van der Waals surface area contributed by atoms with E-state index >= 15 is 0 Å². The Kier molecular flexibility index (Phi) is 4.99. The van der Waals surface area contributed by atoms with Gasteiger partial charge in [0, 0.05) is 19.2 Å². The number of aliphatic carboxylic acids is 1. The third-order valence-corrected chi connectivity index (χ3v) is 4.09. The minimum Gasteiger partial charge on any atom is -0.478 e. The minimum absolute atomic E-state index is 0.609. The number of hydrogen-bond acceptors (Lipinski definition) is 3. The fourth-order valence-electron chi connectivity index (χ4n) is 2.77. The standard InChI is InChI=1S/C17H20N2O2/c1-2-13-7-9-19(10-8-13)16-5-3-14(4-6-17(20)21)11-15(16)12-18/h3-6,11,13H,2,7-10H2,1H3,(H,20,21)/b6-4+. The zero-order valence-electron chi connectivity index (χ0n) is 12.2. The average Bonchev–Trinajstić information content (AvgIpc) is 2.52. The van der Waals surface area contributed by atoms with Crippen molar-refractivity contribution in [3.63, 3.8) is 0 Å². The quantitative estimate of drug-likeness (QED) is 0.862. The van der Waals surface area contributed by atoms with Crippen LogP contribution in [0.15, 0.2) is 24.3 Å². The number of anilines is 1. The number of hydrogen-bond donors (Lipinski definition) is 1. The number of nitriles is 1. The Balaban J connectivity index is 2.17. The maximum Gasteiger partial charge on any atom is 0.328 e. The van der Waals surface area contributed by atoms with Crippen LogP contribution in [0.5, 0.6) is 0 Å². The van der Waals surface area contributed by atoms with Crippen molar-refractivity contribution < 1.29 is 9.90 Å². The molecular formula is C17H20N2O2. The second-order valence-corrected chi connectivity index (χ2v) is 5.40. The van der Waals surface area contributed by atoms with Gasteiger partial charge < -0.3 is 10.0 Å². The molecule has 1 N–H and O–H groups in total. The normalized spacial score (nSPS) is 16.1. The summed E-state index contributed by atoms with van der Waals surface area (Å²) < 4.78 is 0. The van der Waals surface area contributed by atoms with Crippen LogP contribution >= 0.6 is 0 Å². The van der Waals surface area contributed by atoms with E-state index in [-0.39, 0.29) is 0 Å². The molecule has 0 saturated carbocycles. The molecule has 0 atom stereocenters. The van der Waals surface area contributed by atoms with E-state index in [9.17, 15) is 10.1 Å². The van der Waals surface area contributed by atoms with Gasteiger partial charge in [0.2, 0.25) is 0 Å². The molecule has 4 heteroatoms. The summed E-state index contributed by atoms with van der Waals surface area (Å²) in [7, 11) is 0. The molecule has 0 spiro atoms. The number of piperidine rings is 1. The minimum atomic E-state index is -0.987. The monoisotopic (exact) mass is 284 g/mol. The zero-order valence-corrected chi connectivity index (χ0v) is 12.2. The predicted octanol–water partition coefficient (Wildman–Crippen LogP) is 3.28. The number of rotatable bonds is 4. The number of carboxylic acid groups (broad SMARTS) is 1. The predicted molar refractivity (Wildman–Crippen MR) is 83.1 cm³/mol. The van der Waals surface area contributed by atoms with E-state index in [4.69, 9.17) is 5.11 Å². The molecule has 2 rings (SSSR count). The molecule has 1 saturated heterocycles. The van der Waals surface area contributed by atoms with Gasteiger partial charge in [-0.3, -0.25) is 0 Å². The second-order valence-electron chi connectivity index (χ2n) is 5.40. The van der Waals surface area contributed by atoms with Crippen LogP contribution in [0.3, 0.4) is 0 Å². The van der Waals surface area contributed by atoms with Crippen molar-refractivity contribution in [1.29, 1.82) is 5.26 Å². The average molecular weight is 284 g/mol. The summed E-state index contributed by atoms with van der Waals surface area (Å²) >= 11 is 0. The van der Waals surface area contributed by atoms with E-state index in [1.54, 1.807) is 6.07 Å². The lowest BCUT2D eigenvalue weighted by Gasteiger charge is -2.33. The van der Waals surface area contributed by atoms with Crippen LogP contribution in [0.25, 0.3) is 6.08 Å². The molecule has 0 bridgehead atoms. The van der Waals surface area contributed by atoms with Crippen molar-refractivity contribution in [2.45, 2.75) is 26.2 Å². The van der Waals surface area contributed by atoms with Crippen molar-refractivity contribution in [2.75, 3.05) is 18.0 Å². The first kappa shape index (κ1) is 15.1. The van der Waals surface area contributed by atoms with Crippen LogP contribution in [0.1, 0.15) is 37.3 Å². The van der Waals surface area contributed by atoms with Crippen molar-refractivity contribution in [3.05, 3.63) is 35.4 Å². The Morgan fingerprint density at radius 2 is 2.19 bits per heavy atom. The van der Waals surface area contributed by atoms with Gasteiger partial charge >= 0.3 is 5.97 Å². The lowest BCUT2D eigenvalue weighted by Crippen LogP contribution is -2.33. The summed E-state index contributed by atoms with van der Waals surface area (Å²) in [5.74, 6) is -0.191. The van der Waals surface area contributed by atoms with Gasteiger partial charge in [-0.1, -0.05) is 19.4 Å². The Morgan fingerprint density at radius 3 is 2.76 bits per heavy atom. The van der Waals surface area contributed by atoms with Crippen molar-refractivity contribution in [1.82, 2.24) is 0 Å². The van der Waals surface area contributed by atoms with Gasteiger partial charge in [-0.15, -0.1) is 0 Å². The number of carboxylic acids is 1. The molecule has 4 nitrogen and oxygen atoms in total. The molecule has 0 aliphatic carbocycles. The summed E-state index contributed by atoms with van der Waals surface area (Å²) in [4.78, 5) is 12.8. The maximum absolute atomic E-state index is 10.5. The van der Waals surface area contributed by atoms with Crippen LogP contribution in [0, 0.1) is 17.2 Å². The van der Waals surface area contributed by atoms with E-state index in [0.717, 1.165) is 36.3 Å². The van der Waals surface area contributed by atoms with Crippen LogP contribution in [-0.4, -0.2) is 24.2 Å². The highest BCUT2D eigenvalue weighted by Crippen LogP contribution is 2.28. The lowest BCUT2D eigenvalue weighted by atomic mass is 9.93. The Bertz CT molecular complexity index is 579. The van der Waals surface area contributed by atoms with E-state index < -0.39 is 5.97 Å². The first-order valence-corrected chi connectivity index (χ1v) is 7.34. The fourth-order valence-corrected chi connectivity index (χ4v) is 2.77. The Hall–Kier alpha value is -2.28. The summed E-state index contributed by atoms with van der Waals surface area (Å²) in [5.41, 5.74) is 2.30. The van der Waals surface area contributed by atoms with Crippen LogP contribution in [-0.2, 0) is 4.79 Å². The molecule has 0 unspecified atom stereocenters. The summed E-state index contributed by atoms with van der Waals surface area (Å²) in [5, 5.41) is 18.0. The number of nitrogens with zero attached hydrogens (tertiary/aromatic N) is 2. The second kappa shape index (κ2) is 6.94. The lowest BCUT2D eigenvalue weighted by molar-refractivity contribution is -0.131. The Morgan fingerprint density at radius 1 is 1.48 bits per heavy atom. The van der Waals surface area contributed by atoms with Crippen LogP contribution in [0.4, 0.5) is 5.69 Å². The molecule has 0 amide bonds. The maximum atomic E-state index is 10.5. The van der Waals surface area contributed by atoms with Gasteiger partial charge in [-0.2, -0.15) is 5.26 Å². The molecule has 1 aliphatic rings. The first-order chi connectivity index (χ1) is 10.1. The molecule has 110 valence electrons. The third-order valence-electron chi connectivity index (χ3n) is 4.09. The van der Waals surface area contributed by atoms with Crippen molar-refractivity contribution >= 4 is 17.7 Å². The summed E-state index contributed by atoms with van der Waals surface area (Å²) in [6.45, 7) is 4.19. The molecule has 1 fully saturated rings. The van der Waals surface area contributed by atoms with Gasteiger partial charge in [0.25, 0.3) is 0 Å². The van der Waals surface area contributed by atoms with E-state index in [2.05, 4.69) is 17.9 Å². The highest BCUT2D eigenvalue weighted by molar-refractivity contribution is 5.85. The molecule has 1 aromatic rings. The molecular weight excluding hydrogens is 264 g/mol. The molecule has 0 radical (unpaired) electrons. The fraction of sp³-hybridized carbons (Fsp3) is 0.412. The van der Waals surface area contributed by atoms with Crippen molar-refractivity contribution in [2.24, 2.45) is 5.92 Å². The van der Waals surface area contributed by atoms with Crippen LogP contribution < -0.4 is 4.90 Å². The third kappa shape index (κ3) is 3.85. The highest BCUT2D eigenvalue weighted by atomic mass is 16.4. The largest absolute Gasteiger partial charge is 0.478 e. The van der Waals surface area contributed by atoms with Gasteiger partial charge in [0.1, 0.15) is 6.07 Å². The molecule has 1 heterocycles. The number of carbonyl (C=O) groups is 1. The van der Waals surface area contributed by atoms with E-state index in [1.807, 2.05) is 12.1 Å². The SMILES string of the molecule is CCC1CCN(c2ccc(/C=C/C(=O)O)cc2C#N)CC1. The Labute approximate surface area is 125 Å². The van der Waals surface area contributed by atoms with Gasteiger partial charge in [0.15, 0.2) is 0 Å². The van der Waals surface area contributed by atoms with E-state index in [1.165, 1.54) is 25.3 Å². The zero-order chi connectivity index (χ0) is 15.2. The van der Waals surface area contributed by atoms with Gasteiger partial charge in [-0.05, 0) is 42.5 Å². The molecule has 21 heavy (non-hydrogen) atoms.